The zero-order valence-corrected chi connectivity index (χ0v) is 19.0. The Bertz CT molecular complexity index is 735. The van der Waals surface area contributed by atoms with Crippen molar-refractivity contribution in [2.24, 2.45) is 5.92 Å². The minimum atomic E-state index is -0.595. The first-order chi connectivity index (χ1) is 15.4. The number of hydrogen-bond donors (Lipinski definition) is 2. The summed E-state index contributed by atoms with van der Waals surface area (Å²) in [5.41, 5.74) is 0.947. The Hall–Kier alpha value is -2.93. The lowest BCUT2D eigenvalue weighted by Gasteiger charge is -2.25. The highest BCUT2D eigenvalue weighted by Crippen LogP contribution is 2.15. The van der Waals surface area contributed by atoms with Gasteiger partial charge in [-0.2, -0.15) is 0 Å². The van der Waals surface area contributed by atoms with Gasteiger partial charge in [-0.1, -0.05) is 42.5 Å². The van der Waals surface area contributed by atoms with E-state index in [1.54, 1.807) is 24.0 Å². The molecular formula is C25H36N2O5. The number of unbranched alkanes of at least 4 members (excludes halogenated alkanes) is 1. The molecule has 1 rings (SSSR count). The van der Waals surface area contributed by atoms with Crippen LogP contribution in [0.2, 0.25) is 0 Å². The summed E-state index contributed by atoms with van der Waals surface area (Å²) >= 11 is 0. The molecule has 2 atom stereocenters. The highest BCUT2D eigenvalue weighted by molar-refractivity contribution is 5.86. The van der Waals surface area contributed by atoms with Crippen molar-refractivity contribution >= 4 is 17.8 Å². The molecule has 0 aliphatic rings. The Kier molecular flexibility index (Phi) is 13.4. The largest absolute Gasteiger partial charge is 0.464 e. The van der Waals surface area contributed by atoms with Crippen LogP contribution in [-0.2, 0) is 25.7 Å². The van der Waals surface area contributed by atoms with E-state index in [4.69, 9.17) is 4.74 Å². The SMILES string of the molecule is C=CCCCC(=O)OC[C@H](C)NC(=O)[C@@H](CC=C)CC(=O)N(CCO)Cc1ccccc1. The van der Waals surface area contributed by atoms with Crippen LogP contribution in [0, 0.1) is 5.92 Å². The number of aliphatic hydroxyl groups excluding tert-OH is 1. The van der Waals surface area contributed by atoms with Gasteiger partial charge in [-0.05, 0) is 31.7 Å². The van der Waals surface area contributed by atoms with Crippen LogP contribution < -0.4 is 5.32 Å². The molecule has 2 N–H and O–H groups in total. The number of nitrogens with zero attached hydrogens (tertiary/aromatic N) is 1. The van der Waals surface area contributed by atoms with E-state index in [-0.39, 0.29) is 50.0 Å². The van der Waals surface area contributed by atoms with Crippen molar-refractivity contribution in [3.8, 4) is 0 Å². The van der Waals surface area contributed by atoms with Gasteiger partial charge in [0.2, 0.25) is 11.8 Å². The van der Waals surface area contributed by atoms with E-state index < -0.39 is 5.92 Å². The molecule has 7 nitrogen and oxygen atoms in total. The zero-order chi connectivity index (χ0) is 23.8. The minimum Gasteiger partial charge on any atom is -0.464 e. The number of carbonyl (C=O) groups excluding carboxylic acids is 3. The van der Waals surface area contributed by atoms with Gasteiger partial charge in [-0.25, -0.2) is 0 Å². The predicted octanol–water partition coefficient (Wildman–Crippen LogP) is 2.99. The topological polar surface area (TPSA) is 95.9 Å². The van der Waals surface area contributed by atoms with Gasteiger partial charge in [0.05, 0.1) is 18.6 Å². The van der Waals surface area contributed by atoms with E-state index in [2.05, 4.69) is 18.5 Å². The third kappa shape index (κ3) is 10.9. The van der Waals surface area contributed by atoms with E-state index in [0.29, 0.717) is 25.8 Å². The smallest absolute Gasteiger partial charge is 0.305 e. The fraction of sp³-hybridized carbons (Fsp3) is 0.480. The van der Waals surface area contributed by atoms with Crippen LogP contribution in [0.25, 0.3) is 0 Å². The molecule has 0 heterocycles. The third-order valence-electron chi connectivity index (χ3n) is 4.85. The van der Waals surface area contributed by atoms with Crippen molar-refractivity contribution in [2.45, 2.75) is 51.6 Å². The second-order valence-electron chi connectivity index (χ2n) is 7.72. The Labute approximate surface area is 191 Å². The van der Waals surface area contributed by atoms with Crippen LogP contribution in [0.5, 0.6) is 0 Å². The number of hydrogen-bond acceptors (Lipinski definition) is 5. The predicted molar refractivity (Wildman–Crippen MR) is 124 cm³/mol. The molecule has 0 aliphatic carbocycles. The summed E-state index contributed by atoms with van der Waals surface area (Å²) in [7, 11) is 0. The number of carbonyl (C=O) groups is 3. The molecular weight excluding hydrogens is 408 g/mol. The number of aliphatic hydroxyl groups is 1. The molecule has 0 spiro atoms. The van der Waals surface area contributed by atoms with Crippen LogP contribution in [-0.4, -0.2) is 53.6 Å². The maximum absolute atomic E-state index is 12.9. The van der Waals surface area contributed by atoms with Crippen molar-refractivity contribution in [3.63, 3.8) is 0 Å². The Morgan fingerprint density at radius 3 is 2.53 bits per heavy atom. The van der Waals surface area contributed by atoms with E-state index in [9.17, 15) is 19.5 Å². The van der Waals surface area contributed by atoms with E-state index in [0.717, 1.165) is 12.0 Å². The van der Waals surface area contributed by atoms with Crippen molar-refractivity contribution < 1.29 is 24.2 Å². The van der Waals surface area contributed by atoms with Crippen LogP contribution >= 0.6 is 0 Å². The van der Waals surface area contributed by atoms with Crippen molar-refractivity contribution in [1.29, 1.82) is 0 Å². The highest BCUT2D eigenvalue weighted by atomic mass is 16.5. The number of benzene rings is 1. The Balaban J connectivity index is 2.62. The number of ether oxygens (including phenoxy) is 1. The van der Waals surface area contributed by atoms with E-state index >= 15 is 0 Å². The maximum Gasteiger partial charge on any atom is 0.305 e. The Morgan fingerprint density at radius 1 is 1.19 bits per heavy atom. The van der Waals surface area contributed by atoms with Crippen molar-refractivity contribution in [3.05, 3.63) is 61.2 Å². The van der Waals surface area contributed by atoms with E-state index in [1.165, 1.54) is 0 Å². The molecule has 1 aromatic carbocycles. The summed E-state index contributed by atoms with van der Waals surface area (Å²) in [6.07, 6.45) is 5.43. The molecule has 0 saturated heterocycles. The highest BCUT2D eigenvalue weighted by Gasteiger charge is 2.25. The summed E-state index contributed by atoms with van der Waals surface area (Å²) in [4.78, 5) is 38.9. The van der Waals surface area contributed by atoms with Gasteiger partial charge in [0.25, 0.3) is 0 Å². The van der Waals surface area contributed by atoms with Gasteiger partial charge < -0.3 is 20.1 Å². The molecule has 7 heteroatoms. The molecule has 0 aliphatic heterocycles. The van der Waals surface area contributed by atoms with E-state index in [1.807, 2.05) is 30.3 Å². The summed E-state index contributed by atoms with van der Waals surface area (Å²) in [5, 5.41) is 12.2. The van der Waals surface area contributed by atoms with Crippen molar-refractivity contribution in [2.75, 3.05) is 19.8 Å². The van der Waals surface area contributed by atoms with Crippen LogP contribution in [0.3, 0.4) is 0 Å². The van der Waals surface area contributed by atoms with Gasteiger partial charge in [0.1, 0.15) is 6.61 Å². The lowest BCUT2D eigenvalue weighted by atomic mass is 9.98. The van der Waals surface area contributed by atoms with Crippen LogP contribution in [0.4, 0.5) is 0 Å². The number of amides is 2. The normalized spacial score (nSPS) is 12.3. The maximum atomic E-state index is 12.9. The van der Waals surface area contributed by atoms with Gasteiger partial charge >= 0.3 is 5.97 Å². The summed E-state index contributed by atoms with van der Waals surface area (Å²) < 4.78 is 5.20. The van der Waals surface area contributed by atoms with Crippen LogP contribution in [0.1, 0.15) is 44.6 Å². The zero-order valence-electron chi connectivity index (χ0n) is 19.0. The van der Waals surface area contributed by atoms with Gasteiger partial charge in [0.15, 0.2) is 0 Å². The Morgan fingerprint density at radius 2 is 1.91 bits per heavy atom. The summed E-state index contributed by atoms with van der Waals surface area (Å²) in [6.45, 7) is 9.51. The molecule has 0 bridgehead atoms. The minimum absolute atomic E-state index is 0.00124. The molecule has 0 saturated carbocycles. The number of esters is 1. The lowest BCUT2D eigenvalue weighted by molar-refractivity contribution is -0.145. The monoisotopic (exact) mass is 444 g/mol. The molecule has 0 unspecified atom stereocenters. The first-order valence-corrected chi connectivity index (χ1v) is 11.0. The molecule has 0 radical (unpaired) electrons. The standard InChI is InChI=1S/C25H36N2O5/c1-4-6-8-14-24(30)32-19-20(3)26-25(31)22(11-5-2)17-23(29)27(15-16-28)18-21-12-9-7-10-13-21/h4-5,7,9-10,12-13,20,22,28H,1-2,6,8,11,14-19H2,3H3,(H,26,31)/t20-,22-/m0/s1. The molecule has 32 heavy (non-hydrogen) atoms. The second kappa shape index (κ2) is 15.8. The fourth-order valence-electron chi connectivity index (χ4n) is 3.12. The fourth-order valence-corrected chi connectivity index (χ4v) is 3.12. The lowest BCUT2D eigenvalue weighted by Crippen LogP contribution is -2.42. The van der Waals surface area contributed by atoms with Gasteiger partial charge in [0, 0.05) is 25.9 Å². The molecule has 176 valence electrons. The van der Waals surface area contributed by atoms with Crippen LogP contribution in [0.15, 0.2) is 55.6 Å². The molecule has 2 amide bonds. The number of allylic oxidation sites excluding steroid dienone is 2. The third-order valence-corrected chi connectivity index (χ3v) is 4.85. The average Bonchev–Trinajstić information content (AvgIpc) is 2.78. The summed E-state index contributed by atoms with van der Waals surface area (Å²) in [5.74, 6) is -1.42. The summed E-state index contributed by atoms with van der Waals surface area (Å²) in [6, 6.07) is 9.10. The van der Waals surface area contributed by atoms with Gasteiger partial charge in [-0.15, -0.1) is 13.2 Å². The number of rotatable bonds is 16. The van der Waals surface area contributed by atoms with Gasteiger partial charge in [-0.3, -0.25) is 14.4 Å². The second-order valence-corrected chi connectivity index (χ2v) is 7.72. The van der Waals surface area contributed by atoms with Crippen molar-refractivity contribution in [1.82, 2.24) is 10.2 Å². The number of nitrogens with one attached hydrogen (secondary N) is 1. The first kappa shape index (κ1) is 27.1. The molecule has 0 aromatic heterocycles. The average molecular weight is 445 g/mol. The molecule has 1 aromatic rings. The first-order valence-electron chi connectivity index (χ1n) is 11.0. The molecule has 0 fully saturated rings. The quantitative estimate of drug-likeness (QED) is 0.232.